The van der Waals surface area contributed by atoms with Gasteiger partial charge in [-0.2, -0.15) is 0 Å². The smallest absolute Gasteiger partial charge is 0.315 e. The molecule has 17 heavy (non-hydrogen) atoms. The van der Waals surface area contributed by atoms with Gasteiger partial charge in [0.05, 0.1) is 6.04 Å². The van der Waals surface area contributed by atoms with E-state index < -0.39 is 0 Å². The average Bonchev–Trinajstić information content (AvgIpc) is 2.56. The van der Waals surface area contributed by atoms with Crippen LogP contribution < -0.4 is 10.6 Å². The molecular formula is C13H20N2O2. The third-order valence-electron chi connectivity index (χ3n) is 3.27. The Morgan fingerprint density at radius 2 is 2.24 bits per heavy atom. The van der Waals surface area contributed by atoms with Crippen LogP contribution >= 0.6 is 0 Å². The van der Waals surface area contributed by atoms with Crippen molar-refractivity contribution in [2.75, 3.05) is 7.05 Å². The van der Waals surface area contributed by atoms with Crippen molar-refractivity contribution in [3.63, 3.8) is 0 Å². The molecule has 0 saturated heterocycles. The second kappa shape index (κ2) is 4.09. The van der Waals surface area contributed by atoms with Gasteiger partial charge in [0, 0.05) is 19.0 Å². The highest BCUT2D eigenvalue weighted by atomic mass is 16.3. The zero-order valence-electron chi connectivity index (χ0n) is 10.9. The number of carbonyl (C=O) groups excluding carboxylic acids is 1. The fraction of sp³-hybridized carbons (Fsp3) is 0.615. The molecule has 0 spiro atoms. The summed E-state index contributed by atoms with van der Waals surface area (Å²) in [7, 11) is 1.63. The Morgan fingerprint density at radius 1 is 1.53 bits per heavy atom. The normalized spacial score (nSPS) is 21.8. The summed E-state index contributed by atoms with van der Waals surface area (Å²) in [4.78, 5) is 11.5. The molecule has 0 aromatic carbocycles. The fourth-order valence-corrected chi connectivity index (χ4v) is 2.54. The molecule has 1 aromatic heterocycles. The molecule has 1 atom stereocenters. The Kier molecular flexibility index (Phi) is 2.89. The first kappa shape index (κ1) is 12.0. The van der Waals surface area contributed by atoms with Gasteiger partial charge in [-0.15, -0.1) is 0 Å². The second-order valence-corrected chi connectivity index (χ2v) is 5.56. The zero-order valence-corrected chi connectivity index (χ0v) is 10.9. The number of hydrogen-bond acceptors (Lipinski definition) is 2. The van der Waals surface area contributed by atoms with Crippen molar-refractivity contribution >= 4 is 6.03 Å². The lowest BCUT2D eigenvalue weighted by atomic mass is 9.75. The molecule has 1 aromatic rings. The van der Waals surface area contributed by atoms with E-state index in [1.165, 1.54) is 0 Å². The molecule has 0 fully saturated rings. The van der Waals surface area contributed by atoms with E-state index in [2.05, 4.69) is 24.5 Å². The van der Waals surface area contributed by atoms with Crippen LogP contribution in [-0.4, -0.2) is 13.1 Å². The van der Waals surface area contributed by atoms with E-state index in [0.717, 1.165) is 29.9 Å². The van der Waals surface area contributed by atoms with Gasteiger partial charge in [-0.05, 0) is 24.8 Å². The minimum Gasteiger partial charge on any atom is -0.466 e. The SMILES string of the molecule is CNC(=O)N[C@@H]1CC(C)(C)Cc2oc(C)cc21. The Labute approximate surface area is 102 Å². The molecule has 1 heterocycles. The van der Waals surface area contributed by atoms with E-state index in [4.69, 9.17) is 4.42 Å². The highest BCUT2D eigenvalue weighted by molar-refractivity contribution is 5.74. The van der Waals surface area contributed by atoms with Crippen molar-refractivity contribution in [3.8, 4) is 0 Å². The lowest BCUT2D eigenvalue weighted by Gasteiger charge is -2.34. The van der Waals surface area contributed by atoms with Gasteiger partial charge in [-0.25, -0.2) is 4.79 Å². The summed E-state index contributed by atoms with van der Waals surface area (Å²) in [5, 5.41) is 5.58. The standard InChI is InChI=1S/C13H20N2O2/c1-8-5-9-10(15-12(16)14-4)6-13(2,3)7-11(9)17-8/h5,10H,6-7H2,1-4H3,(H2,14,15,16)/t10-/m1/s1. The van der Waals surface area contributed by atoms with Gasteiger partial charge in [0.25, 0.3) is 0 Å². The Balaban J connectivity index is 2.29. The van der Waals surface area contributed by atoms with Crippen molar-refractivity contribution in [1.82, 2.24) is 10.6 Å². The van der Waals surface area contributed by atoms with E-state index in [0.29, 0.717) is 0 Å². The second-order valence-electron chi connectivity index (χ2n) is 5.56. The number of nitrogens with one attached hydrogen (secondary N) is 2. The number of aryl methyl sites for hydroxylation is 1. The lowest BCUT2D eigenvalue weighted by Crippen LogP contribution is -2.40. The molecule has 0 radical (unpaired) electrons. The molecule has 2 amide bonds. The average molecular weight is 236 g/mol. The first-order valence-corrected chi connectivity index (χ1v) is 5.99. The third kappa shape index (κ3) is 2.46. The Morgan fingerprint density at radius 3 is 2.88 bits per heavy atom. The lowest BCUT2D eigenvalue weighted by molar-refractivity contribution is 0.216. The predicted octanol–water partition coefficient (Wildman–Crippen LogP) is 2.53. The molecular weight excluding hydrogens is 216 g/mol. The van der Waals surface area contributed by atoms with E-state index in [1.54, 1.807) is 7.05 Å². The van der Waals surface area contributed by atoms with Crippen LogP contribution in [0.15, 0.2) is 10.5 Å². The summed E-state index contributed by atoms with van der Waals surface area (Å²) >= 11 is 0. The third-order valence-corrected chi connectivity index (χ3v) is 3.27. The van der Waals surface area contributed by atoms with Crippen LogP contribution in [-0.2, 0) is 6.42 Å². The predicted molar refractivity (Wildman–Crippen MR) is 65.9 cm³/mol. The summed E-state index contributed by atoms with van der Waals surface area (Å²) in [6, 6.07) is 1.94. The van der Waals surface area contributed by atoms with Gasteiger partial charge in [-0.1, -0.05) is 13.8 Å². The van der Waals surface area contributed by atoms with Crippen LogP contribution in [0.5, 0.6) is 0 Å². The van der Waals surface area contributed by atoms with Crippen molar-refractivity contribution in [1.29, 1.82) is 0 Å². The number of amides is 2. The minimum absolute atomic E-state index is 0.0474. The van der Waals surface area contributed by atoms with Crippen LogP contribution in [0.1, 0.15) is 43.4 Å². The Bertz CT molecular complexity index is 435. The molecule has 0 bridgehead atoms. The maximum Gasteiger partial charge on any atom is 0.315 e. The van der Waals surface area contributed by atoms with Crippen LogP contribution in [0, 0.1) is 12.3 Å². The van der Waals surface area contributed by atoms with Crippen LogP contribution in [0.3, 0.4) is 0 Å². The molecule has 0 unspecified atom stereocenters. The molecule has 0 aliphatic heterocycles. The van der Waals surface area contributed by atoms with Crippen LogP contribution in [0.25, 0.3) is 0 Å². The van der Waals surface area contributed by atoms with Gasteiger partial charge in [0.15, 0.2) is 0 Å². The quantitative estimate of drug-likeness (QED) is 0.787. The van der Waals surface area contributed by atoms with Crippen molar-refractivity contribution in [2.24, 2.45) is 5.41 Å². The van der Waals surface area contributed by atoms with Gasteiger partial charge < -0.3 is 15.1 Å². The molecule has 4 heteroatoms. The maximum atomic E-state index is 11.5. The summed E-state index contributed by atoms with van der Waals surface area (Å²) in [5.74, 6) is 1.93. The largest absolute Gasteiger partial charge is 0.466 e. The summed E-state index contributed by atoms with van der Waals surface area (Å²) in [5.41, 5.74) is 1.29. The summed E-state index contributed by atoms with van der Waals surface area (Å²) in [6.07, 6.45) is 1.87. The van der Waals surface area contributed by atoms with Gasteiger partial charge in [0.2, 0.25) is 0 Å². The monoisotopic (exact) mass is 236 g/mol. The zero-order chi connectivity index (χ0) is 12.6. The molecule has 94 valence electrons. The first-order chi connectivity index (χ1) is 7.91. The minimum atomic E-state index is -0.141. The van der Waals surface area contributed by atoms with Gasteiger partial charge in [0.1, 0.15) is 11.5 Å². The van der Waals surface area contributed by atoms with E-state index in [9.17, 15) is 4.79 Å². The maximum absolute atomic E-state index is 11.5. The molecule has 1 aliphatic carbocycles. The molecule has 2 N–H and O–H groups in total. The number of hydrogen-bond donors (Lipinski definition) is 2. The number of furan rings is 1. The molecule has 2 rings (SSSR count). The molecule has 1 aliphatic rings. The number of urea groups is 1. The Hall–Kier alpha value is -1.45. The highest BCUT2D eigenvalue weighted by Crippen LogP contribution is 2.41. The van der Waals surface area contributed by atoms with E-state index in [-0.39, 0.29) is 17.5 Å². The van der Waals surface area contributed by atoms with E-state index >= 15 is 0 Å². The van der Waals surface area contributed by atoms with Gasteiger partial charge in [-0.3, -0.25) is 0 Å². The molecule has 0 saturated carbocycles. The van der Waals surface area contributed by atoms with E-state index in [1.807, 2.05) is 13.0 Å². The number of carbonyl (C=O) groups is 1. The first-order valence-electron chi connectivity index (χ1n) is 5.99. The summed E-state index contributed by atoms with van der Waals surface area (Å²) < 4.78 is 5.72. The van der Waals surface area contributed by atoms with Crippen molar-refractivity contribution in [2.45, 2.75) is 39.7 Å². The van der Waals surface area contributed by atoms with Gasteiger partial charge >= 0.3 is 6.03 Å². The van der Waals surface area contributed by atoms with Crippen LogP contribution in [0.4, 0.5) is 4.79 Å². The topological polar surface area (TPSA) is 54.3 Å². The summed E-state index contributed by atoms with van der Waals surface area (Å²) in [6.45, 7) is 6.35. The fourth-order valence-electron chi connectivity index (χ4n) is 2.54. The molecule has 4 nitrogen and oxygen atoms in total. The van der Waals surface area contributed by atoms with Crippen molar-refractivity contribution in [3.05, 3.63) is 23.2 Å². The van der Waals surface area contributed by atoms with Crippen molar-refractivity contribution < 1.29 is 9.21 Å². The number of rotatable bonds is 1. The van der Waals surface area contributed by atoms with Crippen LogP contribution in [0.2, 0.25) is 0 Å². The highest BCUT2D eigenvalue weighted by Gasteiger charge is 2.35. The number of fused-ring (bicyclic) bond motifs is 1.